The average Bonchev–Trinajstić information content (AvgIpc) is 2.73. The number of hydrogen-bond donors (Lipinski definition) is 2. The lowest BCUT2D eigenvalue weighted by molar-refractivity contribution is -0.140. The van der Waals surface area contributed by atoms with Crippen molar-refractivity contribution in [2.75, 3.05) is 5.32 Å². The van der Waals surface area contributed by atoms with Crippen LogP contribution in [0, 0.1) is 3.57 Å². The van der Waals surface area contributed by atoms with Gasteiger partial charge in [-0.15, -0.1) is 0 Å². The summed E-state index contributed by atoms with van der Waals surface area (Å²) in [6.45, 7) is 0. The molecule has 2 N–H and O–H groups in total. The quantitative estimate of drug-likeness (QED) is 0.294. The number of benzene rings is 1. The van der Waals surface area contributed by atoms with Crippen LogP contribution in [0.3, 0.4) is 0 Å². The first-order valence-electron chi connectivity index (χ1n) is 10.1. The van der Waals surface area contributed by atoms with Crippen molar-refractivity contribution < 1.29 is 18.0 Å². The van der Waals surface area contributed by atoms with Crippen molar-refractivity contribution in [2.45, 2.75) is 43.9 Å². The molecule has 1 aliphatic carbocycles. The molecule has 0 radical (unpaired) electrons. The molecule has 32 heavy (non-hydrogen) atoms. The number of amides is 1. The smallest absolute Gasteiger partial charge is 0.382 e. The summed E-state index contributed by atoms with van der Waals surface area (Å²) >= 11 is 8.13. The van der Waals surface area contributed by atoms with Crippen molar-refractivity contribution in [3.63, 3.8) is 0 Å². The van der Waals surface area contributed by atoms with Gasteiger partial charge in [0.2, 0.25) is 0 Å². The molecule has 0 aliphatic heterocycles. The Labute approximate surface area is 201 Å². The zero-order chi connectivity index (χ0) is 22.9. The van der Waals surface area contributed by atoms with Crippen LogP contribution in [-0.4, -0.2) is 28.0 Å². The molecule has 4 rings (SSSR count). The SMILES string of the molecule is O=C(N[C@@H]1CCC[C@H](Nc2cc(C(F)(F)F)nc3ccccc23)C1)c1c(I)ccnc1Cl. The van der Waals surface area contributed by atoms with Crippen LogP contribution < -0.4 is 10.6 Å². The van der Waals surface area contributed by atoms with E-state index < -0.39 is 11.9 Å². The summed E-state index contributed by atoms with van der Waals surface area (Å²) in [4.78, 5) is 20.5. The Kier molecular flexibility index (Phi) is 6.75. The van der Waals surface area contributed by atoms with Gasteiger partial charge in [0.1, 0.15) is 10.8 Å². The number of halogens is 5. The van der Waals surface area contributed by atoms with Gasteiger partial charge < -0.3 is 10.6 Å². The van der Waals surface area contributed by atoms with E-state index in [9.17, 15) is 18.0 Å². The van der Waals surface area contributed by atoms with E-state index in [0.717, 1.165) is 25.3 Å². The number of carbonyl (C=O) groups excluding carboxylic acids is 1. The monoisotopic (exact) mass is 574 g/mol. The molecule has 10 heteroatoms. The molecule has 1 aliphatic rings. The van der Waals surface area contributed by atoms with Crippen molar-refractivity contribution in [2.24, 2.45) is 0 Å². The third-order valence-corrected chi connectivity index (χ3v) is 6.64. The summed E-state index contributed by atoms with van der Waals surface area (Å²) in [7, 11) is 0. The van der Waals surface area contributed by atoms with Crippen molar-refractivity contribution in [3.8, 4) is 0 Å². The van der Waals surface area contributed by atoms with E-state index in [1.165, 1.54) is 6.20 Å². The molecule has 2 aromatic heterocycles. The van der Waals surface area contributed by atoms with Gasteiger partial charge in [-0.2, -0.15) is 13.2 Å². The maximum absolute atomic E-state index is 13.4. The van der Waals surface area contributed by atoms with Crippen molar-refractivity contribution >= 4 is 56.7 Å². The minimum atomic E-state index is -4.54. The van der Waals surface area contributed by atoms with Crippen LogP contribution in [0.4, 0.5) is 18.9 Å². The van der Waals surface area contributed by atoms with Crippen LogP contribution in [0.25, 0.3) is 10.9 Å². The molecule has 5 nitrogen and oxygen atoms in total. The number of anilines is 1. The van der Waals surface area contributed by atoms with Gasteiger partial charge in [0, 0.05) is 32.9 Å². The minimum Gasteiger partial charge on any atom is -0.382 e. The maximum atomic E-state index is 13.4. The highest BCUT2D eigenvalue weighted by atomic mass is 127. The van der Waals surface area contributed by atoms with Gasteiger partial charge in [0.05, 0.1) is 11.1 Å². The third kappa shape index (κ3) is 5.09. The van der Waals surface area contributed by atoms with Gasteiger partial charge in [-0.1, -0.05) is 29.8 Å². The summed E-state index contributed by atoms with van der Waals surface area (Å²) in [5.41, 5.74) is 0.0796. The number of para-hydroxylation sites is 1. The minimum absolute atomic E-state index is 0.0932. The Morgan fingerprint density at radius 1 is 1.16 bits per heavy atom. The van der Waals surface area contributed by atoms with E-state index in [1.807, 2.05) is 22.6 Å². The molecule has 1 aromatic carbocycles. The van der Waals surface area contributed by atoms with Gasteiger partial charge in [-0.3, -0.25) is 4.79 Å². The summed E-state index contributed by atoms with van der Waals surface area (Å²) in [6.07, 6.45) is -0.0218. The lowest BCUT2D eigenvalue weighted by Crippen LogP contribution is -2.42. The summed E-state index contributed by atoms with van der Waals surface area (Å²) in [5.74, 6) is -0.299. The predicted molar refractivity (Wildman–Crippen MR) is 126 cm³/mol. The van der Waals surface area contributed by atoms with Gasteiger partial charge in [0.15, 0.2) is 0 Å². The fraction of sp³-hybridized carbons (Fsp3) is 0.318. The molecule has 1 amide bonds. The number of rotatable bonds is 4. The molecule has 0 unspecified atom stereocenters. The molecule has 1 saturated carbocycles. The number of nitrogens with one attached hydrogen (secondary N) is 2. The molecule has 2 heterocycles. The summed E-state index contributed by atoms with van der Waals surface area (Å²) < 4.78 is 40.8. The average molecular weight is 575 g/mol. The Hall–Kier alpha value is -2.14. The van der Waals surface area contributed by atoms with Gasteiger partial charge >= 0.3 is 6.18 Å². The standard InChI is InChI=1S/C22H19ClF3IN4O/c23-20-19(15(27)8-9-28-20)21(32)30-13-5-3-4-12(10-13)29-17-11-18(22(24,25)26)31-16-7-2-1-6-14(16)17/h1-2,6-9,11-13H,3-5,10H2,(H,29,31)(H,30,32)/t12-,13+/m0/s1. The zero-order valence-electron chi connectivity index (χ0n) is 16.7. The first-order valence-corrected chi connectivity index (χ1v) is 11.5. The van der Waals surface area contributed by atoms with Crippen LogP contribution in [0.1, 0.15) is 41.7 Å². The van der Waals surface area contributed by atoms with Gasteiger partial charge in [0.25, 0.3) is 5.91 Å². The first-order chi connectivity index (χ1) is 15.2. The van der Waals surface area contributed by atoms with Crippen LogP contribution in [0.15, 0.2) is 42.6 Å². The molecule has 1 fully saturated rings. The molecule has 0 saturated heterocycles. The highest BCUT2D eigenvalue weighted by Crippen LogP contribution is 2.34. The number of nitrogens with zero attached hydrogens (tertiary/aromatic N) is 2. The zero-order valence-corrected chi connectivity index (χ0v) is 19.6. The van der Waals surface area contributed by atoms with Gasteiger partial charge in [-0.25, -0.2) is 9.97 Å². The number of pyridine rings is 2. The fourth-order valence-corrected chi connectivity index (χ4v) is 5.05. The van der Waals surface area contributed by atoms with E-state index >= 15 is 0 Å². The summed E-state index contributed by atoms with van der Waals surface area (Å²) in [6, 6.07) is 9.29. The second-order valence-electron chi connectivity index (χ2n) is 7.71. The normalized spacial score (nSPS) is 19.0. The summed E-state index contributed by atoms with van der Waals surface area (Å²) in [5, 5.41) is 7.05. The van der Waals surface area contributed by atoms with E-state index in [1.54, 1.807) is 30.3 Å². The molecule has 3 aromatic rings. The number of aromatic nitrogens is 2. The first kappa shape index (κ1) is 23.0. The van der Waals surface area contributed by atoms with Crippen molar-refractivity contribution in [1.82, 2.24) is 15.3 Å². The van der Waals surface area contributed by atoms with Crippen LogP contribution in [0.2, 0.25) is 5.15 Å². The second-order valence-corrected chi connectivity index (χ2v) is 9.23. The lowest BCUT2D eigenvalue weighted by atomic mass is 9.90. The van der Waals surface area contributed by atoms with E-state index in [2.05, 4.69) is 20.6 Å². The van der Waals surface area contributed by atoms with E-state index in [-0.39, 0.29) is 28.7 Å². The van der Waals surface area contributed by atoms with Gasteiger partial charge in [-0.05, 0) is 66.5 Å². The van der Waals surface area contributed by atoms with Crippen LogP contribution in [-0.2, 0) is 6.18 Å². The highest BCUT2D eigenvalue weighted by Gasteiger charge is 2.34. The largest absolute Gasteiger partial charge is 0.433 e. The molecular formula is C22H19ClF3IN4O. The molecule has 0 spiro atoms. The maximum Gasteiger partial charge on any atom is 0.433 e. The molecule has 0 bridgehead atoms. The Bertz CT molecular complexity index is 1140. The Balaban J connectivity index is 1.52. The highest BCUT2D eigenvalue weighted by molar-refractivity contribution is 14.1. The molecule has 168 valence electrons. The number of carbonyl (C=O) groups is 1. The van der Waals surface area contributed by atoms with E-state index in [0.29, 0.717) is 26.6 Å². The van der Waals surface area contributed by atoms with Crippen LogP contribution in [0.5, 0.6) is 0 Å². The topological polar surface area (TPSA) is 66.9 Å². The predicted octanol–water partition coefficient (Wildman–Crippen LogP) is 6.06. The Morgan fingerprint density at radius 2 is 1.91 bits per heavy atom. The van der Waals surface area contributed by atoms with E-state index in [4.69, 9.17) is 11.6 Å². The number of alkyl halides is 3. The lowest BCUT2D eigenvalue weighted by Gasteiger charge is -2.31. The van der Waals surface area contributed by atoms with Crippen molar-refractivity contribution in [1.29, 1.82) is 0 Å². The third-order valence-electron chi connectivity index (χ3n) is 5.46. The fourth-order valence-electron chi connectivity index (χ4n) is 3.99. The van der Waals surface area contributed by atoms with Crippen LogP contribution >= 0.6 is 34.2 Å². The second kappa shape index (κ2) is 9.38. The molecule has 2 atom stereocenters. The number of hydrogen-bond acceptors (Lipinski definition) is 4. The van der Waals surface area contributed by atoms with Crippen molar-refractivity contribution in [3.05, 3.63) is 62.6 Å². The Morgan fingerprint density at radius 3 is 2.66 bits per heavy atom. The molecular weight excluding hydrogens is 556 g/mol. The number of fused-ring (bicyclic) bond motifs is 1.